The molecule has 1 saturated heterocycles. The largest absolute Gasteiger partial charge is 0.283 e. The first-order chi connectivity index (χ1) is 12.0. The summed E-state index contributed by atoms with van der Waals surface area (Å²) in [6.45, 7) is 10.3. The van der Waals surface area contributed by atoms with Gasteiger partial charge in [0.05, 0.1) is 6.04 Å². The van der Waals surface area contributed by atoms with Gasteiger partial charge in [-0.3, -0.25) is 4.90 Å². The highest BCUT2D eigenvalue weighted by Crippen LogP contribution is 2.37. The van der Waals surface area contributed by atoms with Crippen LogP contribution in [0.1, 0.15) is 77.8 Å². The van der Waals surface area contributed by atoms with E-state index in [0.717, 1.165) is 30.3 Å². The van der Waals surface area contributed by atoms with Crippen molar-refractivity contribution >= 4 is 11.6 Å². The molecule has 0 bridgehead atoms. The quantitative estimate of drug-likeness (QED) is 0.509. The van der Waals surface area contributed by atoms with Gasteiger partial charge < -0.3 is 0 Å². The molecule has 0 aromatic heterocycles. The average molecular weight is 360 g/mol. The molecule has 1 aliphatic rings. The van der Waals surface area contributed by atoms with Gasteiger partial charge in [0.25, 0.3) is 0 Å². The number of likely N-dealkylation sites (tertiary alicyclic amines) is 1. The summed E-state index contributed by atoms with van der Waals surface area (Å²) in [7, 11) is 0. The van der Waals surface area contributed by atoms with Crippen molar-refractivity contribution in [3.05, 3.63) is 34.9 Å². The summed E-state index contributed by atoms with van der Waals surface area (Å²) in [6, 6.07) is 9.11. The molecule has 2 heteroatoms. The Morgan fingerprint density at radius 1 is 1.12 bits per heavy atom. The van der Waals surface area contributed by atoms with Gasteiger partial charge in [-0.05, 0) is 55.7 Å². The van der Waals surface area contributed by atoms with Crippen molar-refractivity contribution in [3.63, 3.8) is 0 Å². The van der Waals surface area contributed by atoms with Crippen molar-refractivity contribution in [1.82, 2.24) is 4.90 Å². The Kier molecular flexibility index (Phi) is 8.34. The lowest BCUT2D eigenvalue weighted by Gasteiger charge is -2.40. The van der Waals surface area contributed by atoms with E-state index in [-0.39, 0.29) is 0 Å². The molecule has 0 N–H and O–H groups in total. The van der Waals surface area contributed by atoms with Crippen LogP contribution in [0.15, 0.2) is 24.3 Å². The van der Waals surface area contributed by atoms with Crippen molar-refractivity contribution in [2.45, 2.75) is 78.3 Å². The topological polar surface area (TPSA) is 3.24 Å². The molecule has 1 aromatic carbocycles. The second-order valence-corrected chi connectivity index (χ2v) is 8.58. The Hall–Kier alpha value is -0.970. The van der Waals surface area contributed by atoms with Gasteiger partial charge in [0, 0.05) is 17.5 Å². The minimum atomic E-state index is 0.341. The lowest BCUT2D eigenvalue weighted by Crippen LogP contribution is -2.41. The fourth-order valence-corrected chi connectivity index (χ4v) is 3.94. The van der Waals surface area contributed by atoms with E-state index in [9.17, 15) is 0 Å². The maximum atomic E-state index is 6.53. The summed E-state index contributed by atoms with van der Waals surface area (Å²) in [6.07, 6.45) is 7.07. The number of piperidine rings is 1. The molecule has 138 valence electrons. The molecule has 1 heterocycles. The molecular formula is C23H34ClN. The molecule has 25 heavy (non-hydrogen) atoms. The highest BCUT2D eigenvalue weighted by atomic mass is 35.5. The van der Waals surface area contributed by atoms with Gasteiger partial charge >= 0.3 is 0 Å². The van der Waals surface area contributed by atoms with E-state index in [0.29, 0.717) is 18.0 Å². The third kappa shape index (κ3) is 6.36. The van der Waals surface area contributed by atoms with Crippen LogP contribution in [0.2, 0.25) is 5.02 Å². The lowest BCUT2D eigenvalue weighted by atomic mass is 9.91. The van der Waals surface area contributed by atoms with Gasteiger partial charge in [0.1, 0.15) is 0 Å². The molecule has 2 rings (SSSR count). The molecular weight excluding hydrogens is 326 g/mol. The van der Waals surface area contributed by atoms with E-state index in [1.807, 2.05) is 12.1 Å². The Morgan fingerprint density at radius 2 is 1.88 bits per heavy atom. The third-order valence-corrected chi connectivity index (χ3v) is 5.36. The Bertz CT molecular complexity index is 581. The first-order valence-corrected chi connectivity index (χ1v) is 10.4. The monoisotopic (exact) mass is 359 g/mol. The predicted molar refractivity (Wildman–Crippen MR) is 110 cm³/mol. The number of halogens is 1. The second kappa shape index (κ2) is 10.2. The van der Waals surface area contributed by atoms with Crippen LogP contribution in [-0.2, 0) is 0 Å². The normalized spacial score (nSPS) is 19.7. The van der Waals surface area contributed by atoms with Crippen molar-refractivity contribution < 1.29 is 0 Å². The van der Waals surface area contributed by atoms with E-state index in [4.69, 9.17) is 11.6 Å². The average Bonchev–Trinajstić information content (AvgIpc) is 2.57. The van der Waals surface area contributed by atoms with E-state index < -0.39 is 0 Å². The van der Waals surface area contributed by atoms with Crippen molar-refractivity contribution in [1.29, 1.82) is 0 Å². The summed E-state index contributed by atoms with van der Waals surface area (Å²) < 4.78 is 0. The molecule has 1 nitrogen and oxygen atoms in total. The molecule has 0 spiro atoms. The lowest BCUT2D eigenvalue weighted by molar-refractivity contribution is 0.110. The molecule has 1 aromatic rings. The Labute approximate surface area is 160 Å². The van der Waals surface area contributed by atoms with Gasteiger partial charge in [0.2, 0.25) is 0 Å². The minimum Gasteiger partial charge on any atom is -0.283 e. The van der Waals surface area contributed by atoms with Crippen LogP contribution in [-0.4, -0.2) is 17.5 Å². The van der Waals surface area contributed by atoms with Crippen molar-refractivity contribution in [2.75, 3.05) is 6.54 Å². The van der Waals surface area contributed by atoms with Gasteiger partial charge in [-0.1, -0.05) is 69.8 Å². The minimum absolute atomic E-state index is 0.341. The number of nitrogens with zero attached hydrogens (tertiary/aromatic N) is 1. The zero-order valence-corrected chi connectivity index (χ0v) is 17.1. The van der Waals surface area contributed by atoms with Gasteiger partial charge in [-0.25, -0.2) is 0 Å². The van der Waals surface area contributed by atoms with Crippen LogP contribution in [0.25, 0.3) is 0 Å². The van der Waals surface area contributed by atoms with Gasteiger partial charge in [-0.2, -0.15) is 0 Å². The number of benzene rings is 1. The van der Waals surface area contributed by atoms with E-state index >= 15 is 0 Å². The second-order valence-electron chi connectivity index (χ2n) is 8.17. The van der Waals surface area contributed by atoms with Crippen LogP contribution in [0.4, 0.5) is 0 Å². The Morgan fingerprint density at radius 3 is 2.56 bits per heavy atom. The van der Waals surface area contributed by atoms with Crippen LogP contribution < -0.4 is 0 Å². The third-order valence-electron chi connectivity index (χ3n) is 5.02. The highest BCUT2D eigenvalue weighted by Gasteiger charge is 2.30. The zero-order chi connectivity index (χ0) is 18.2. The summed E-state index contributed by atoms with van der Waals surface area (Å²) in [4.78, 5) is 2.63. The molecule has 0 radical (unpaired) electrons. The summed E-state index contributed by atoms with van der Waals surface area (Å²) in [5, 5.41) is 0.899. The molecule has 0 aliphatic carbocycles. The first-order valence-electron chi connectivity index (χ1n) is 9.97. The number of rotatable bonds is 6. The molecule has 1 fully saturated rings. The van der Waals surface area contributed by atoms with Gasteiger partial charge in [-0.15, -0.1) is 5.92 Å². The summed E-state index contributed by atoms with van der Waals surface area (Å²) in [5.41, 5.74) is 1.28. The smallest absolute Gasteiger partial charge is 0.0722 e. The SMILES string of the molecule is CC(C)CCC#C[C@H](CC(C)C)N1CCCC[C@H]1c1ccccc1Cl. The number of hydrogen-bond acceptors (Lipinski definition) is 1. The maximum absolute atomic E-state index is 6.53. The first kappa shape index (κ1) is 20.3. The van der Waals surface area contributed by atoms with Gasteiger partial charge in [0.15, 0.2) is 0 Å². The fourth-order valence-electron chi connectivity index (χ4n) is 3.68. The molecule has 1 aliphatic heterocycles. The molecule has 0 unspecified atom stereocenters. The molecule has 0 saturated carbocycles. The van der Waals surface area contributed by atoms with Crippen LogP contribution in [0.3, 0.4) is 0 Å². The summed E-state index contributed by atoms with van der Waals surface area (Å²) in [5.74, 6) is 8.49. The van der Waals surface area contributed by atoms with E-state index in [1.165, 1.54) is 31.2 Å². The van der Waals surface area contributed by atoms with Crippen LogP contribution in [0.5, 0.6) is 0 Å². The Balaban J connectivity index is 2.21. The molecule has 2 atom stereocenters. The standard InChI is InChI=1S/C23H34ClN/c1-18(2)11-5-6-12-20(17-19(3)4)25-16-10-9-15-23(25)21-13-7-8-14-22(21)24/h7-8,13-14,18-20,23H,5,9-11,15-17H2,1-4H3/t20-,23+/m1/s1. The van der Waals surface area contributed by atoms with E-state index in [1.54, 1.807) is 0 Å². The highest BCUT2D eigenvalue weighted by molar-refractivity contribution is 6.31. The summed E-state index contributed by atoms with van der Waals surface area (Å²) >= 11 is 6.53. The van der Waals surface area contributed by atoms with E-state index in [2.05, 4.69) is 56.6 Å². The molecule has 0 amide bonds. The zero-order valence-electron chi connectivity index (χ0n) is 16.4. The maximum Gasteiger partial charge on any atom is 0.0722 e. The number of hydrogen-bond donors (Lipinski definition) is 0. The van der Waals surface area contributed by atoms with Crippen LogP contribution in [0, 0.1) is 23.7 Å². The predicted octanol–water partition coefficient (Wildman–Crippen LogP) is 6.72. The van der Waals surface area contributed by atoms with Crippen LogP contribution >= 0.6 is 11.6 Å². The van der Waals surface area contributed by atoms with Crippen molar-refractivity contribution in [2.24, 2.45) is 11.8 Å². The van der Waals surface area contributed by atoms with Crippen molar-refractivity contribution in [3.8, 4) is 11.8 Å². The fraction of sp³-hybridized carbons (Fsp3) is 0.652.